The van der Waals surface area contributed by atoms with Crippen LogP contribution in [0, 0.1) is 5.82 Å². The first kappa shape index (κ1) is 19.6. The molecule has 1 aliphatic heterocycles. The number of anilines is 1. The van der Waals surface area contributed by atoms with Gasteiger partial charge < -0.3 is 19.9 Å². The van der Waals surface area contributed by atoms with Crippen LogP contribution in [0.3, 0.4) is 0 Å². The minimum absolute atomic E-state index is 0.180. The molecule has 0 unspecified atom stereocenters. The molecule has 0 atom stereocenters. The highest BCUT2D eigenvalue weighted by Crippen LogP contribution is 2.18. The lowest BCUT2D eigenvalue weighted by molar-refractivity contribution is 0.205. The summed E-state index contributed by atoms with van der Waals surface area (Å²) in [4.78, 5) is 34.1. The first-order chi connectivity index (χ1) is 14.5. The van der Waals surface area contributed by atoms with Crippen LogP contribution in [0.25, 0.3) is 0 Å². The lowest BCUT2D eigenvalue weighted by atomic mass is 10.1. The molecular formula is C22H21FN4O3. The molecule has 0 saturated heterocycles. The standard InChI is InChI=1S/C22H21FN4O3/c1-30-17-7-5-16(6-8-17)24-22(29)27-10-9-19-18(13-27)21(28)26-20(25-19)12-14-3-2-4-15(23)11-14/h2-8,11H,9-10,12-13H2,1H3,(H,24,29)(H,25,26,28). The van der Waals surface area contributed by atoms with Crippen molar-refractivity contribution in [3.8, 4) is 5.75 Å². The number of halogens is 1. The number of fused-ring (bicyclic) bond motifs is 1. The van der Waals surface area contributed by atoms with Gasteiger partial charge in [-0.05, 0) is 42.0 Å². The largest absolute Gasteiger partial charge is 0.497 e. The first-order valence-electron chi connectivity index (χ1n) is 9.57. The van der Waals surface area contributed by atoms with E-state index in [-0.39, 0.29) is 24.0 Å². The molecule has 0 spiro atoms. The summed E-state index contributed by atoms with van der Waals surface area (Å²) in [5.74, 6) is 0.860. The second-order valence-electron chi connectivity index (χ2n) is 7.07. The Kier molecular flexibility index (Phi) is 5.47. The number of hydrogen-bond donors (Lipinski definition) is 2. The van der Waals surface area contributed by atoms with Gasteiger partial charge >= 0.3 is 6.03 Å². The Labute approximate surface area is 172 Å². The van der Waals surface area contributed by atoms with Crippen molar-refractivity contribution in [1.82, 2.24) is 14.9 Å². The van der Waals surface area contributed by atoms with Crippen molar-refractivity contribution in [3.63, 3.8) is 0 Å². The van der Waals surface area contributed by atoms with Crippen molar-refractivity contribution in [2.75, 3.05) is 19.0 Å². The van der Waals surface area contributed by atoms with Crippen molar-refractivity contribution >= 4 is 11.7 Å². The van der Waals surface area contributed by atoms with E-state index in [1.807, 2.05) is 0 Å². The fourth-order valence-electron chi connectivity index (χ4n) is 3.45. The van der Waals surface area contributed by atoms with Crippen LogP contribution in [0.1, 0.15) is 22.6 Å². The number of H-pyrrole nitrogens is 1. The minimum Gasteiger partial charge on any atom is -0.497 e. The lowest BCUT2D eigenvalue weighted by Gasteiger charge is -2.28. The van der Waals surface area contributed by atoms with Crippen LogP contribution in [0.15, 0.2) is 53.3 Å². The van der Waals surface area contributed by atoms with Gasteiger partial charge in [0.2, 0.25) is 0 Å². The highest BCUT2D eigenvalue weighted by Gasteiger charge is 2.24. The van der Waals surface area contributed by atoms with Crippen molar-refractivity contribution < 1.29 is 13.9 Å². The van der Waals surface area contributed by atoms with E-state index in [0.717, 1.165) is 5.56 Å². The Morgan fingerprint density at radius 3 is 2.80 bits per heavy atom. The topological polar surface area (TPSA) is 87.3 Å². The number of aromatic amines is 1. The van der Waals surface area contributed by atoms with E-state index in [4.69, 9.17) is 4.74 Å². The zero-order valence-electron chi connectivity index (χ0n) is 16.4. The number of rotatable bonds is 4. The van der Waals surface area contributed by atoms with E-state index in [1.54, 1.807) is 48.4 Å². The SMILES string of the molecule is COc1ccc(NC(=O)N2CCc3nc(Cc4cccc(F)c4)[nH]c(=O)c3C2)cc1. The highest BCUT2D eigenvalue weighted by molar-refractivity contribution is 5.89. The second-order valence-corrected chi connectivity index (χ2v) is 7.07. The van der Waals surface area contributed by atoms with Gasteiger partial charge in [-0.25, -0.2) is 14.2 Å². The predicted molar refractivity (Wildman–Crippen MR) is 110 cm³/mol. The number of aromatic nitrogens is 2. The molecule has 2 heterocycles. The second kappa shape index (κ2) is 8.36. The highest BCUT2D eigenvalue weighted by atomic mass is 19.1. The third-order valence-electron chi connectivity index (χ3n) is 5.01. The van der Waals surface area contributed by atoms with Crippen LogP contribution >= 0.6 is 0 Å². The Balaban J connectivity index is 1.46. The van der Waals surface area contributed by atoms with Crippen molar-refractivity contribution in [3.05, 3.63) is 87.3 Å². The van der Waals surface area contributed by atoms with E-state index in [2.05, 4.69) is 15.3 Å². The molecular weight excluding hydrogens is 387 g/mol. The smallest absolute Gasteiger partial charge is 0.322 e. The molecule has 0 bridgehead atoms. The molecule has 0 fully saturated rings. The maximum absolute atomic E-state index is 13.4. The molecule has 3 aromatic rings. The summed E-state index contributed by atoms with van der Waals surface area (Å²) < 4.78 is 18.5. The number of urea groups is 1. The van der Waals surface area contributed by atoms with Gasteiger partial charge in [0.1, 0.15) is 17.4 Å². The Hall–Kier alpha value is -3.68. The van der Waals surface area contributed by atoms with Gasteiger partial charge in [0, 0.05) is 25.1 Å². The van der Waals surface area contributed by atoms with Gasteiger partial charge in [-0.1, -0.05) is 12.1 Å². The Morgan fingerprint density at radius 1 is 1.27 bits per heavy atom. The van der Waals surface area contributed by atoms with Crippen LogP contribution in [0.2, 0.25) is 0 Å². The normalized spacial score (nSPS) is 12.9. The van der Waals surface area contributed by atoms with Crippen LogP contribution in [0.4, 0.5) is 14.9 Å². The maximum atomic E-state index is 13.4. The van der Waals surface area contributed by atoms with E-state index in [9.17, 15) is 14.0 Å². The van der Waals surface area contributed by atoms with Gasteiger partial charge in [-0.15, -0.1) is 0 Å². The third-order valence-corrected chi connectivity index (χ3v) is 5.01. The summed E-state index contributed by atoms with van der Waals surface area (Å²) in [6, 6.07) is 12.9. The van der Waals surface area contributed by atoms with Gasteiger partial charge in [-0.2, -0.15) is 0 Å². The molecule has 2 amide bonds. The third kappa shape index (κ3) is 4.32. The van der Waals surface area contributed by atoms with Gasteiger partial charge in [-0.3, -0.25) is 4.79 Å². The Morgan fingerprint density at radius 2 is 2.07 bits per heavy atom. The predicted octanol–water partition coefficient (Wildman–Crippen LogP) is 3.10. The average molecular weight is 408 g/mol. The summed E-state index contributed by atoms with van der Waals surface area (Å²) in [6.07, 6.45) is 0.813. The van der Waals surface area contributed by atoms with Gasteiger partial charge in [0.05, 0.1) is 24.9 Å². The molecule has 0 aliphatic carbocycles. The summed E-state index contributed by atoms with van der Waals surface area (Å²) in [7, 11) is 1.58. The summed E-state index contributed by atoms with van der Waals surface area (Å²) in [5, 5.41) is 2.83. The van der Waals surface area contributed by atoms with E-state index >= 15 is 0 Å². The molecule has 7 nitrogen and oxygen atoms in total. The summed E-state index contributed by atoms with van der Waals surface area (Å²) in [5.41, 5.74) is 2.26. The summed E-state index contributed by atoms with van der Waals surface area (Å²) in [6.45, 7) is 0.630. The van der Waals surface area contributed by atoms with Gasteiger partial charge in [0.15, 0.2) is 0 Å². The van der Waals surface area contributed by atoms with Crippen LogP contribution in [-0.2, 0) is 19.4 Å². The molecule has 2 N–H and O–H groups in total. The van der Waals surface area contributed by atoms with E-state index < -0.39 is 0 Å². The van der Waals surface area contributed by atoms with E-state index in [1.165, 1.54) is 12.1 Å². The van der Waals surface area contributed by atoms with Crippen molar-refractivity contribution in [1.29, 1.82) is 0 Å². The van der Waals surface area contributed by atoms with Gasteiger partial charge in [0.25, 0.3) is 5.56 Å². The minimum atomic E-state index is -0.327. The number of hydrogen-bond acceptors (Lipinski definition) is 4. The quantitative estimate of drug-likeness (QED) is 0.695. The maximum Gasteiger partial charge on any atom is 0.322 e. The number of nitrogens with zero attached hydrogens (tertiary/aromatic N) is 2. The molecule has 0 saturated carbocycles. The average Bonchev–Trinajstić information content (AvgIpc) is 2.74. The number of ether oxygens (including phenoxy) is 1. The lowest BCUT2D eigenvalue weighted by Crippen LogP contribution is -2.42. The number of methoxy groups -OCH3 is 1. The van der Waals surface area contributed by atoms with Crippen LogP contribution in [-0.4, -0.2) is 34.6 Å². The molecule has 8 heteroatoms. The van der Waals surface area contributed by atoms with E-state index in [0.29, 0.717) is 47.9 Å². The molecule has 0 radical (unpaired) electrons. The van der Waals surface area contributed by atoms with Crippen LogP contribution < -0.4 is 15.6 Å². The zero-order valence-corrected chi connectivity index (χ0v) is 16.4. The molecule has 1 aromatic heterocycles. The zero-order chi connectivity index (χ0) is 21.1. The van der Waals surface area contributed by atoms with Crippen molar-refractivity contribution in [2.24, 2.45) is 0 Å². The van der Waals surface area contributed by atoms with Crippen LogP contribution in [0.5, 0.6) is 5.75 Å². The summed E-state index contributed by atoms with van der Waals surface area (Å²) >= 11 is 0. The molecule has 154 valence electrons. The molecule has 2 aromatic carbocycles. The number of benzene rings is 2. The fraction of sp³-hybridized carbons (Fsp3) is 0.227. The number of nitrogens with one attached hydrogen (secondary N) is 2. The first-order valence-corrected chi connectivity index (χ1v) is 9.57. The number of carbonyl (C=O) groups is 1. The van der Waals surface area contributed by atoms with Crippen molar-refractivity contribution in [2.45, 2.75) is 19.4 Å². The molecule has 4 rings (SSSR count). The molecule has 30 heavy (non-hydrogen) atoms. The number of amides is 2. The Bertz CT molecular complexity index is 1130. The molecule has 1 aliphatic rings. The monoisotopic (exact) mass is 408 g/mol. The fourth-order valence-corrected chi connectivity index (χ4v) is 3.45. The number of carbonyl (C=O) groups excluding carboxylic acids is 1.